The van der Waals surface area contributed by atoms with Crippen LogP contribution < -0.4 is 4.72 Å². The van der Waals surface area contributed by atoms with Gasteiger partial charge in [-0.2, -0.15) is 5.10 Å². The van der Waals surface area contributed by atoms with E-state index in [9.17, 15) is 13.2 Å². The van der Waals surface area contributed by atoms with Gasteiger partial charge in [-0.1, -0.05) is 44.5 Å². The molecule has 0 aliphatic carbocycles. The van der Waals surface area contributed by atoms with Gasteiger partial charge in [-0.15, -0.1) is 0 Å². The van der Waals surface area contributed by atoms with Crippen LogP contribution >= 0.6 is 11.6 Å². The fourth-order valence-electron chi connectivity index (χ4n) is 3.77. The molecule has 0 radical (unpaired) electrons. The van der Waals surface area contributed by atoms with E-state index in [2.05, 4.69) is 40.5 Å². The lowest BCUT2D eigenvalue weighted by molar-refractivity contribution is 0.0664. The zero-order chi connectivity index (χ0) is 25.4. The number of aromatic nitrogens is 3. The van der Waals surface area contributed by atoms with Crippen LogP contribution in [0.5, 0.6) is 0 Å². The highest BCUT2D eigenvalue weighted by Crippen LogP contribution is 2.27. The molecule has 1 fully saturated rings. The largest absolute Gasteiger partial charge is 0.336 e. The van der Waals surface area contributed by atoms with Crippen LogP contribution in [0.1, 0.15) is 36.7 Å². The minimum atomic E-state index is -3.92. The summed E-state index contributed by atoms with van der Waals surface area (Å²) in [6, 6.07) is 8.21. The van der Waals surface area contributed by atoms with E-state index >= 15 is 0 Å². The van der Waals surface area contributed by atoms with Crippen LogP contribution in [-0.4, -0.2) is 72.1 Å². The molecular weight excluding hydrogens is 488 g/mol. The predicted molar refractivity (Wildman–Crippen MR) is 136 cm³/mol. The van der Waals surface area contributed by atoms with Crippen LogP contribution in [0.25, 0.3) is 5.82 Å². The molecule has 186 valence electrons. The first-order valence-electron chi connectivity index (χ1n) is 11.3. The standard InChI is InChI=1S/C24H29ClN6O3S/c1-24(2,3)18-5-7-20(8-6-18)35(33,34)28-21-13-19(25)15-26-22(21)31-16-17(14-27-31)23(32)30-11-9-29(4)10-12-30/h5-8,13-16,28H,9-12H2,1-4H3. The van der Waals surface area contributed by atoms with Crippen LogP contribution in [0.15, 0.2) is 53.8 Å². The van der Waals surface area contributed by atoms with Crippen LogP contribution in [0.3, 0.4) is 0 Å². The van der Waals surface area contributed by atoms with Crippen molar-refractivity contribution in [2.45, 2.75) is 31.1 Å². The fraction of sp³-hybridized carbons (Fsp3) is 0.375. The van der Waals surface area contributed by atoms with Crippen molar-refractivity contribution in [3.63, 3.8) is 0 Å². The van der Waals surface area contributed by atoms with Crippen molar-refractivity contribution in [3.8, 4) is 5.82 Å². The molecule has 1 aliphatic rings. The Kier molecular flexibility index (Phi) is 6.90. The van der Waals surface area contributed by atoms with E-state index in [1.165, 1.54) is 23.1 Å². The van der Waals surface area contributed by atoms with Crippen LogP contribution in [-0.2, 0) is 15.4 Å². The molecule has 11 heteroatoms. The molecule has 0 atom stereocenters. The Balaban J connectivity index is 1.60. The molecule has 9 nitrogen and oxygen atoms in total. The molecule has 0 bridgehead atoms. The van der Waals surface area contributed by atoms with Gasteiger partial charge in [0.2, 0.25) is 0 Å². The second-order valence-electron chi connectivity index (χ2n) is 9.67. The number of halogens is 1. The summed E-state index contributed by atoms with van der Waals surface area (Å²) in [4.78, 5) is 21.2. The summed E-state index contributed by atoms with van der Waals surface area (Å²) in [5, 5.41) is 4.53. The van der Waals surface area contributed by atoms with E-state index in [4.69, 9.17) is 11.6 Å². The van der Waals surface area contributed by atoms with E-state index in [1.807, 2.05) is 7.05 Å². The average molecular weight is 517 g/mol. The summed E-state index contributed by atoms with van der Waals surface area (Å²) in [5.41, 5.74) is 1.48. The summed E-state index contributed by atoms with van der Waals surface area (Å²) in [5.74, 6) is 0.0843. The van der Waals surface area contributed by atoms with Crippen molar-refractivity contribution >= 4 is 33.2 Å². The number of benzene rings is 1. The Hall–Kier alpha value is -2.95. The van der Waals surface area contributed by atoms with Crippen molar-refractivity contribution in [3.05, 3.63) is 65.1 Å². The smallest absolute Gasteiger partial charge is 0.262 e. The molecule has 0 spiro atoms. The molecule has 2 aromatic heterocycles. The Morgan fingerprint density at radius 3 is 2.34 bits per heavy atom. The summed E-state index contributed by atoms with van der Waals surface area (Å²) >= 11 is 6.13. The maximum absolute atomic E-state index is 13.1. The third-order valence-corrected chi connectivity index (χ3v) is 7.53. The fourth-order valence-corrected chi connectivity index (χ4v) is 4.98. The van der Waals surface area contributed by atoms with Crippen molar-refractivity contribution in [2.24, 2.45) is 0 Å². The van der Waals surface area contributed by atoms with Crippen LogP contribution in [0.4, 0.5) is 5.69 Å². The number of amides is 1. The normalized spacial score (nSPS) is 15.3. The highest BCUT2D eigenvalue weighted by Gasteiger charge is 2.24. The van der Waals surface area contributed by atoms with E-state index in [0.29, 0.717) is 18.7 Å². The summed E-state index contributed by atoms with van der Waals surface area (Å²) in [6.45, 7) is 9.07. The quantitative estimate of drug-likeness (QED) is 0.558. The van der Waals surface area contributed by atoms with Gasteiger partial charge in [-0.25, -0.2) is 18.1 Å². The van der Waals surface area contributed by atoms with Gasteiger partial charge in [0.25, 0.3) is 15.9 Å². The first-order chi connectivity index (χ1) is 16.4. The minimum Gasteiger partial charge on any atom is -0.336 e. The lowest BCUT2D eigenvalue weighted by Gasteiger charge is -2.32. The number of rotatable bonds is 5. The van der Waals surface area contributed by atoms with Gasteiger partial charge in [0.05, 0.1) is 27.4 Å². The number of hydrogen-bond donors (Lipinski definition) is 1. The number of pyridine rings is 1. The first kappa shape index (κ1) is 25.2. The maximum Gasteiger partial charge on any atom is 0.262 e. The van der Waals surface area contributed by atoms with Gasteiger partial charge in [0.1, 0.15) is 0 Å². The number of nitrogens with zero attached hydrogens (tertiary/aromatic N) is 5. The molecular formula is C24H29ClN6O3S. The monoisotopic (exact) mass is 516 g/mol. The number of nitrogens with one attached hydrogen (secondary N) is 1. The molecule has 3 heterocycles. The number of likely N-dealkylation sites (N-methyl/N-ethyl adjacent to an activating group) is 1. The topological polar surface area (TPSA) is 100 Å². The molecule has 4 rings (SSSR count). The average Bonchev–Trinajstić information content (AvgIpc) is 3.28. The predicted octanol–water partition coefficient (Wildman–Crippen LogP) is 3.41. The summed E-state index contributed by atoms with van der Waals surface area (Å²) in [7, 11) is -1.90. The second-order valence-corrected chi connectivity index (χ2v) is 11.8. The van der Waals surface area contributed by atoms with Gasteiger partial charge >= 0.3 is 0 Å². The van der Waals surface area contributed by atoms with Gasteiger partial charge < -0.3 is 9.80 Å². The third kappa shape index (κ3) is 5.66. The van der Waals surface area contributed by atoms with Gasteiger partial charge in [-0.3, -0.25) is 9.52 Å². The van der Waals surface area contributed by atoms with Gasteiger partial charge in [0, 0.05) is 38.6 Å². The first-order valence-corrected chi connectivity index (χ1v) is 13.1. The van der Waals surface area contributed by atoms with E-state index in [-0.39, 0.29) is 32.7 Å². The Morgan fingerprint density at radius 2 is 1.71 bits per heavy atom. The van der Waals surface area contributed by atoms with Crippen molar-refractivity contribution in [1.82, 2.24) is 24.6 Å². The molecule has 1 aromatic carbocycles. The molecule has 1 aliphatic heterocycles. The molecule has 0 unspecified atom stereocenters. The Labute approximate surface area is 210 Å². The zero-order valence-corrected chi connectivity index (χ0v) is 21.8. The van der Waals surface area contributed by atoms with Crippen molar-refractivity contribution < 1.29 is 13.2 Å². The molecule has 1 amide bonds. The van der Waals surface area contributed by atoms with E-state index in [0.717, 1.165) is 18.7 Å². The summed E-state index contributed by atoms with van der Waals surface area (Å²) < 4.78 is 30.2. The van der Waals surface area contributed by atoms with Crippen molar-refractivity contribution in [1.29, 1.82) is 0 Å². The number of anilines is 1. The Morgan fingerprint density at radius 1 is 1.06 bits per heavy atom. The second kappa shape index (κ2) is 9.60. The lowest BCUT2D eigenvalue weighted by Crippen LogP contribution is -2.47. The zero-order valence-electron chi connectivity index (χ0n) is 20.2. The SMILES string of the molecule is CN1CCN(C(=O)c2cnn(-c3ncc(Cl)cc3NS(=O)(=O)c3ccc(C(C)(C)C)cc3)c2)CC1. The van der Waals surface area contributed by atoms with Crippen LogP contribution in [0.2, 0.25) is 5.02 Å². The minimum absolute atomic E-state index is 0.0981. The van der Waals surface area contributed by atoms with E-state index < -0.39 is 10.0 Å². The third-order valence-electron chi connectivity index (χ3n) is 5.95. The molecule has 0 saturated carbocycles. The number of carbonyl (C=O) groups excluding carboxylic acids is 1. The molecule has 1 saturated heterocycles. The van der Waals surface area contributed by atoms with Crippen LogP contribution in [0, 0.1) is 0 Å². The summed E-state index contributed by atoms with van der Waals surface area (Å²) in [6.07, 6.45) is 4.41. The van der Waals surface area contributed by atoms with Gasteiger partial charge in [0.15, 0.2) is 5.82 Å². The lowest BCUT2D eigenvalue weighted by atomic mass is 9.87. The number of hydrogen-bond acceptors (Lipinski definition) is 6. The molecule has 3 aromatic rings. The maximum atomic E-state index is 13.1. The van der Waals surface area contributed by atoms with Gasteiger partial charge in [-0.05, 0) is 36.2 Å². The van der Waals surface area contributed by atoms with E-state index in [1.54, 1.807) is 35.4 Å². The van der Waals surface area contributed by atoms with Crippen molar-refractivity contribution in [2.75, 3.05) is 37.9 Å². The molecule has 35 heavy (non-hydrogen) atoms. The number of sulfonamides is 1. The number of piperazine rings is 1. The Bertz CT molecular complexity index is 1320. The molecule has 1 N–H and O–H groups in total. The highest BCUT2D eigenvalue weighted by atomic mass is 35.5. The highest BCUT2D eigenvalue weighted by molar-refractivity contribution is 7.92. The number of carbonyl (C=O) groups is 1.